The van der Waals surface area contributed by atoms with Gasteiger partial charge in [-0.2, -0.15) is 0 Å². The first-order valence-corrected chi connectivity index (χ1v) is 8.74. The van der Waals surface area contributed by atoms with E-state index in [0.29, 0.717) is 13.2 Å². The van der Waals surface area contributed by atoms with Gasteiger partial charge in [-0.3, -0.25) is 4.90 Å². The van der Waals surface area contributed by atoms with Gasteiger partial charge in [0, 0.05) is 19.6 Å². The molecule has 1 atom stereocenters. The Hall–Kier alpha value is -2.13. The third kappa shape index (κ3) is 4.93. The van der Waals surface area contributed by atoms with E-state index < -0.39 is 6.17 Å². The van der Waals surface area contributed by atoms with Gasteiger partial charge >= 0.3 is 0 Å². The number of nitrogens with zero attached hydrogens (tertiary/aromatic N) is 1. The van der Waals surface area contributed by atoms with E-state index in [1.54, 1.807) is 0 Å². The summed E-state index contributed by atoms with van der Waals surface area (Å²) in [6, 6.07) is 17.8. The van der Waals surface area contributed by atoms with Gasteiger partial charge in [-0.15, -0.1) is 0 Å². The molecule has 0 N–H and O–H groups in total. The standard InChI is InChI=1S/C22H25FNO/c1-17(2)14-24-13-12-21(22(23)15-24)19-8-10-20(11-9-19)25-16-18-6-4-3-5-7-18/h3-12,22H,13-16H2,1-2H3. The summed E-state index contributed by atoms with van der Waals surface area (Å²) in [5.74, 6) is 2.11. The van der Waals surface area contributed by atoms with Crippen LogP contribution in [-0.2, 0) is 6.61 Å². The lowest BCUT2D eigenvalue weighted by Gasteiger charge is -2.30. The fourth-order valence-electron chi connectivity index (χ4n) is 3.11. The number of ether oxygens (including phenoxy) is 1. The van der Waals surface area contributed by atoms with Crippen LogP contribution in [0.15, 0.2) is 60.7 Å². The zero-order valence-electron chi connectivity index (χ0n) is 14.9. The minimum absolute atomic E-state index is 0.462. The molecular weight excluding hydrogens is 313 g/mol. The van der Waals surface area contributed by atoms with Crippen molar-refractivity contribution in [2.45, 2.75) is 26.6 Å². The molecule has 1 radical (unpaired) electrons. The van der Waals surface area contributed by atoms with E-state index in [0.717, 1.165) is 35.5 Å². The minimum Gasteiger partial charge on any atom is -0.489 e. The van der Waals surface area contributed by atoms with Crippen molar-refractivity contribution in [3.63, 3.8) is 0 Å². The maximum absolute atomic E-state index is 14.6. The first-order chi connectivity index (χ1) is 12.1. The molecule has 131 valence electrons. The second kappa shape index (κ2) is 8.30. The van der Waals surface area contributed by atoms with E-state index in [-0.39, 0.29) is 0 Å². The summed E-state index contributed by atoms with van der Waals surface area (Å²) in [5, 5.41) is 0. The maximum atomic E-state index is 14.6. The number of rotatable bonds is 6. The molecule has 2 aromatic carbocycles. The predicted octanol–water partition coefficient (Wildman–Crippen LogP) is 4.92. The van der Waals surface area contributed by atoms with Gasteiger partial charge in [0.1, 0.15) is 18.5 Å². The highest BCUT2D eigenvalue weighted by molar-refractivity contribution is 5.70. The Kier molecular flexibility index (Phi) is 5.87. The molecule has 1 heterocycles. The summed E-state index contributed by atoms with van der Waals surface area (Å²) >= 11 is 0. The first kappa shape index (κ1) is 17.7. The van der Waals surface area contributed by atoms with Crippen LogP contribution in [0.5, 0.6) is 5.75 Å². The van der Waals surface area contributed by atoms with Crippen LogP contribution >= 0.6 is 0 Å². The van der Waals surface area contributed by atoms with Crippen molar-refractivity contribution in [1.29, 1.82) is 0 Å². The molecule has 0 aromatic heterocycles. The lowest BCUT2D eigenvalue weighted by Crippen LogP contribution is -2.37. The van der Waals surface area contributed by atoms with Gasteiger partial charge in [0.05, 0.1) is 0 Å². The normalized spacial score (nSPS) is 18.2. The van der Waals surface area contributed by atoms with Crippen LogP contribution in [-0.4, -0.2) is 30.7 Å². The Balaban J connectivity index is 1.61. The van der Waals surface area contributed by atoms with Gasteiger partial charge in [-0.1, -0.05) is 62.4 Å². The number of hydrogen-bond donors (Lipinski definition) is 0. The summed E-state index contributed by atoms with van der Waals surface area (Å²) in [7, 11) is 0. The molecule has 3 heteroatoms. The molecule has 25 heavy (non-hydrogen) atoms. The van der Waals surface area contributed by atoms with E-state index >= 15 is 0 Å². The van der Waals surface area contributed by atoms with Crippen LogP contribution in [0.25, 0.3) is 5.57 Å². The predicted molar refractivity (Wildman–Crippen MR) is 101 cm³/mol. The quantitative estimate of drug-likeness (QED) is 0.741. The molecule has 0 saturated carbocycles. The monoisotopic (exact) mass is 338 g/mol. The fraction of sp³-hybridized carbons (Fsp3) is 0.318. The molecule has 1 unspecified atom stereocenters. The number of hydrogen-bond acceptors (Lipinski definition) is 2. The first-order valence-electron chi connectivity index (χ1n) is 8.74. The average Bonchev–Trinajstić information content (AvgIpc) is 2.61. The second-order valence-corrected chi connectivity index (χ2v) is 6.83. The van der Waals surface area contributed by atoms with Crippen molar-refractivity contribution >= 4 is 5.57 Å². The second-order valence-electron chi connectivity index (χ2n) is 6.83. The van der Waals surface area contributed by atoms with Crippen LogP contribution in [0, 0.1) is 5.92 Å². The van der Waals surface area contributed by atoms with Crippen molar-refractivity contribution in [3.8, 4) is 5.75 Å². The average molecular weight is 338 g/mol. The minimum atomic E-state index is -0.941. The van der Waals surface area contributed by atoms with Gasteiger partial charge in [0.15, 0.2) is 0 Å². The smallest absolute Gasteiger partial charge is 0.138 e. The molecule has 0 amide bonds. The molecule has 0 bridgehead atoms. The summed E-state index contributed by atoms with van der Waals surface area (Å²) < 4.78 is 20.4. The highest BCUT2D eigenvalue weighted by Crippen LogP contribution is 2.27. The highest BCUT2D eigenvalue weighted by Gasteiger charge is 2.23. The summed E-state index contributed by atoms with van der Waals surface area (Å²) in [5.41, 5.74) is 2.87. The van der Waals surface area contributed by atoms with Gasteiger partial charge in [0.25, 0.3) is 0 Å². The van der Waals surface area contributed by atoms with Crippen molar-refractivity contribution in [1.82, 2.24) is 4.90 Å². The van der Waals surface area contributed by atoms with E-state index in [1.807, 2.05) is 60.7 Å². The molecule has 0 spiro atoms. The summed E-state index contributed by atoms with van der Waals surface area (Å²) in [6.45, 7) is 6.82. The molecule has 0 aliphatic carbocycles. The zero-order valence-corrected chi connectivity index (χ0v) is 14.9. The van der Waals surface area contributed by atoms with E-state index in [9.17, 15) is 4.39 Å². The van der Waals surface area contributed by atoms with E-state index in [2.05, 4.69) is 18.7 Å². The Labute approximate surface area is 149 Å². The topological polar surface area (TPSA) is 12.5 Å². The van der Waals surface area contributed by atoms with Crippen LogP contribution < -0.4 is 4.74 Å². The van der Waals surface area contributed by atoms with Crippen molar-refractivity contribution in [2.75, 3.05) is 19.6 Å². The molecule has 0 fully saturated rings. The Bertz CT molecular complexity index is 694. The largest absolute Gasteiger partial charge is 0.489 e. The molecule has 2 nitrogen and oxygen atoms in total. The van der Waals surface area contributed by atoms with Gasteiger partial charge in [-0.25, -0.2) is 4.39 Å². The van der Waals surface area contributed by atoms with Crippen LogP contribution in [0.4, 0.5) is 4.39 Å². The highest BCUT2D eigenvalue weighted by atomic mass is 19.1. The molecule has 3 rings (SSSR count). The Morgan fingerprint density at radius 3 is 2.44 bits per heavy atom. The third-order valence-electron chi connectivity index (χ3n) is 4.30. The van der Waals surface area contributed by atoms with E-state index in [4.69, 9.17) is 4.74 Å². The van der Waals surface area contributed by atoms with Gasteiger partial charge in [-0.05, 0) is 34.8 Å². The van der Waals surface area contributed by atoms with Crippen LogP contribution in [0.3, 0.4) is 0 Å². The van der Waals surface area contributed by atoms with Crippen molar-refractivity contribution in [3.05, 3.63) is 77.7 Å². The maximum Gasteiger partial charge on any atom is 0.138 e. The lowest BCUT2D eigenvalue weighted by atomic mass is 9.97. The van der Waals surface area contributed by atoms with E-state index in [1.165, 1.54) is 5.92 Å². The Morgan fingerprint density at radius 1 is 1.08 bits per heavy atom. The molecule has 1 aliphatic heterocycles. The summed E-state index contributed by atoms with van der Waals surface area (Å²) in [4.78, 5) is 2.14. The van der Waals surface area contributed by atoms with Crippen LogP contribution in [0.1, 0.15) is 25.0 Å². The summed E-state index contributed by atoms with van der Waals surface area (Å²) in [6.07, 6.45) is 1.07. The van der Waals surface area contributed by atoms with Gasteiger partial charge < -0.3 is 4.74 Å². The van der Waals surface area contributed by atoms with Crippen molar-refractivity contribution in [2.24, 2.45) is 0 Å². The zero-order chi connectivity index (χ0) is 17.6. The number of benzene rings is 2. The third-order valence-corrected chi connectivity index (χ3v) is 4.30. The fourth-order valence-corrected chi connectivity index (χ4v) is 3.11. The lowest BCUT2D eigenvalue weighted by molar-refractivity contribution is 0.234. The number of alkyl halides is 1. The Morgan fingerprint density at radius 2 is 1.80 bits per heavy atom. The molecular formula is C22H25FNO. The van der Waals surface area contributed by atoms with Crippen molar-refractivity contribution < 1.29 is 9.13 Å². The molecule has 1 aliphatic rings. The molecule has 0 saturated heterocycles. The number of halogens is 1. The van der Waals surface area contributed by atoms with Crippen LogP contribution in [0.2, 0.25) is 0 Å². The molecule has 2 aromatic rings. The SMILES string of the molecule is C[C](C)CN1CC=C(c2ccc(OCc3ccccc3)cc2)C(F)C1. The van der Waals surface area contributed by atoms with Gasteiger partial charge in [0.2, 0.25) is 0 Å².